The van der Waals surface area contributed by atoms with Crippen LogP contribution in [0.4, 0.5) is 0 Å². The number of rotatable bonds is 3. The highest BCUT2D eigenvalue weighted by atomic mass is 16.2. The summed E-state index contributed by atoms with van der Waals surface area (Å²) in [7, 11) is 3.72. The lowest BCUT2D eigenvalue weighted by molar-refractivity contribution is -0.130. The van der Waals surface area contributed by atoms with Crippen LogP contribution in [0.25, 0.3) is 0 Å². The zero-order valence-electron chi connectivity index (χ0n) is 16.6. The topological polar surface area (TPSA) is 65.8 Å². The molecular formula is C21H28N6O. The lowest BCUT2D eigenvalue weighted by Crippen LogP contribution is -2.46. The average Bonchev–Trinajstić information content (AvgIpc) is 3.37. The van der Waals surface area contributed by atoms with Crippen LogP contribution in [-0.2, 0) is 24.8 Å². The van der Waals surface area contributed by atoms with Crippen LogP contribution in [0.2, 0.25) is 0 Å². The fourth-order valence-corrected chi connectivity index (χ4v) is 4.18. The Kier molecular flexibility index (Phi) is 5.32. The van der Waals surface area contributed by atoms with Gasteiger partial charge in [-0.05, 0) is 29.5 Å². The molecule has 28 heavy (non-hydrogen) atoms. The van der Waals surface area contributed by atoms with Gasteiger partial charge < -0.3 is 15.1 Å². The molecule has 0 bridgehead atoms. The van der Waals surface area contributed by atoms with E-state index in [1.807, 2.05) is 28.9 Å². The lowest BCUT2D eigenvalue weighted by atomic mass is 10.00. The molecular weight excluding hydrogens is 352 g/mol. The van der Waals surface area contributed by atoms with Crippen molar-refractivity contribution in [2.45, 2.75) is 25.3 Å². The van der Waals surface area contributed by atoms with Gasteiger partial charge in [0.15, 0.2) is 5.96 Å². The number of benzene rings is 1. The molecule has 1 unspecified atom stereocenters. The van der Waals surface area contributed by atoms with Crippen LogP contribution >= 0.6 is 0 Å². The van der Waals surface area contributed by atoms with Crippen molar-refractivity contribution in [3.63, 3.8) is 0 Å². The molecule has 0 aliphatic carbocycles. The van der Waals surface area contributed by atoms with Crippen LogP contribution in [-0.4, -0.2) is 64.7 Å². The van der Waals surface area contributed by atoms with E-state index in [9.17, 15) is 4.79 Å². The molecule has 3 heterocycles. The molecule has 148 valence electrons. The maximum atomic E-state index is 12.7. The van der Waals surface area contributed by atoms with Gasteiger partial charge in [0.25, 0.3) is 0 Å². The number of guanidine groups is 1. The number of fused-ring (bicyclic) bond motifs is 1. The fraction of sp³-hybridized carbons (Fsp3) is 0.476. The van der Waals surface area contributed by atoms with Gasteiger partial charge in [-0.1, -0.05) is 24.3 Å². The van der Waals surface area contributed by atoms with Crippen LogP contribution in [0.15, 0.2) is 41.7 Å². The van der Waals surface area contributed by atoms with Crippen LogP contribution in [0.1, 0.15) is 29.0 Å². The highest BCUT2D eigenvalue weighted by molar-refractivity contribution is 5.86. The van der Waals surface area contributed by atoms with Gasteiger partial charge in [-0.2, -0.15) is 5.10 Å². The predicted molar refractivity (Wildman–Crippen MR) is 109 cm³/mol. The zero-order valence-corrected chi connectivity index (χ0v) is 16.6. The van der Waals surface area contributed by atoms with E-state index in [0.29, 0.717) is 12.5 Å². The van der Waals surface area contributed by atoms with Crippen molar-refractivity contribution in [1.82, 2.24) is 24.9 Å². The van der Waals surface area contributed by atoms with Crippen LogP contribution in [0.3, 0.4) is 0 Å². The van der Waals surface area contributed by atoms with Crippen molar-refractivity contribution in [3.05, 3.63) is 53.3 Å². The second kappa shape index (κ2) is 8.04. The Balaban J connectivity index is 1.31. The Morgan fingerprint density at radius 3 is 2.82 bits per heavy atom. The van der Waals surface area contributed by atoms with Crippen molar-refractivity contribution in [3.8, 4) is 0 Å². The smallest absolute Gasteiger partial charge is 0.242 e. The summed E-state index contributed by atoms with van der Waals surface area (Å²) in [6.45, 7) is 3.59. The fourth-order valence-electron chi connectivity index (χ4n) is 4.18. The molecule has 1 N–H and O–H groups in total. The number of likely N-dealkylation sites (tertiary alicyclic amines) is 1. The number of hydrogen-bond acceptors (Lipinski definition) is 3. The third kappa shape index (κ3) is 3.88. The summed E-state index contributed by atoms with van der Waals surface area (Å²) in [5, 5.41) is 7.55. The van der Waals surface area contributed by atoms with E-state index >= 15 is 0 Å². The average molecular weight is 380 g/mol. The van der Waals surface area contributed by atoms with E-state index < -0.39 is 0 Å². The molecule has 1 saturated heterocycles. The van der Waals surface area contributed by atoms with Gasteiger partial charge in [0.2, 0.25) is 5.91 Å². The standard InChI is InChI=1S/C21H28N6O/c1-22-21(27-10-8-18(15-27)19-11-24-25(2)13-19)23-12-20(28)26-9-7-16-5-3-4-6-17(16)14-26/h3-6,11,13,18H,7-10,12,14-15H2,1-2H3,(H,22,23). The Morgan fingerprint density at radius 1 is 1.25 bits per heavy atom. The second-order valence-electron chi connectivity index (χ2n) is 7.61. The van der Waals surface area contributed by atoms with Crippen LogP contribution < -0.4 is 5.32 Å². The van der Waals surface area contributed by atoms with E-state index in [1.54, 1.807) is 7.05 Å². The van der Waals surface area contributed by atoms with Gasteiger partial charge in [-0.3, -0.25) is 14.5 Å². The number of aliphatic imine (C=N–C) groups is 1. The molecule has 4 rings (SSSR count). The first-order valence-electron chi connectivity index (χ1n) is 9.92. The summed E-state index contributed by atoms with van der Waals surface area (Å²) in [6, 6.07) is 8.38. The molecule has 2 aliphatic rings. The maximum absolute atomic E-state index is 12.7. The Labute approximate surface area is 166 Å². The Hall–Kier alpha value is -2.83. The van der Waals surface area contributed by atoms with E-state index in [1.165, 1.54) is 16.7 Å². The minimum atomic E-state index is 0.124. The van der Waals surface area contributed by atoms with Crippen LogP contribution in [0, 0.1) is 0 Å². The molecule has 2 aliphatic heterocycles. The first-order chi connectivity index (χ1) is 13.6. The molecule has 1 fully saturated rings. The number of aromatic nitrogens is 2. The number of nitrogens with zero attached hydrogens (tertiary/aromatic N) is 5. The molecule has 1 aromatic heterocycles. The Morgan fingerprint density at radius 2 is 2.07 bits per heavy atom. The molecule has 1 atom stereocenters. The molecule has 1 aromatic carbocycles. The minimum absolute atomic E-state index is 0.124. The molecule has 7 nitrogen and oxygen atoms in total. The van der Waals surface area contributed by atoms with Gasteiger partial charge in [-0.25, -0.2) is 0 Å². The second-order valence-corrected chi connectivity index (χ2v) is 7.61. The van der Waals surface area contributed by atoms with Gasteiger partial charge >= 0.3 is 0 Å². The quantitative estimate of drug-likeness (QED) is 0.645. The highest BCUT2D eigenvalue weighted by Crippen LogP contribution is 2.26. The first kappa shape index (κ1) is 18.5. The minimum Gasteiger partial charge on any atom is -0.347 e. The largest absolute Gasteiger partial charge is 0.347 e. The van der Waals surface area contributed by atoms with Crippen molar-refractivity contribution < 1.29 is 4.79 Å². The van der Waals surface area contributed by atoms with Crippen molar-refractivity contribution in [2.24, 2.45) is 12.0 Å². The number of aryl methyl sites for hydroxylation is 1. The third-order valence-corrected chi connectivity index (χ3v) is 5.78. The van der Waals surface area contributed by atoms with Crippen molar-refractivity contribution >= 4 is 11.9 Å². The molecule has 0 spiro atoms. The monoisotopic (exact) mass is 380 g/mol. The van der Waals surface area contributed by atoms with Gasteiger partial charge in [-0.15, -0.1) is 0 Å². The van der Waals surface area contributed by atoms with E-state index in [2.05, 4.69) is 44.7 Å². The summed E-state index contributed by atoms with van der Waals surface area (Å²) >= 11 is 0. The molecule has 0 saturated carbocycles. The van der Waals surface area contributed by atoms with E-state index in [0.717, 1.165) is 38.4 Å². The first-order valence-corrected chi connectivity index (χ1v) is 9.92. The normalized spacial score (nSPS) is 19.6. The van der Waals surface area contributed by atoms with E-state index in [-0.39, 0.29) is 12.5 Å². The molecule has 2 aromatic rings. The highest BCUT2D eigenvalue weighted by Gasteiger charge is 2.27. The summed E-state index contributed by atoms with van der Waals surface area (Å²) in [4.78, 5) is 21.3. The maximum Gasteiger partial charge on any atom is 0.242 e. The third-order valence-electron chi connectivity index (χ3n) is 5.78. The molecule has 7 heteroatoms. The van der Waals surface area contributed by atoms with Crippen molar-refractivity contribution in [2.75, 3.05) is 33.2 Å². The van der Waals surface area contributed by atoms with Crippen LogP contribution in [0.5, 0.6) is 0 Å². The predicted octanol–water partition coefficient (Wildman–Crippen LogP) is 1.37. The van der Waals surface area contributed by atoms with Gasteiger partial charge in [0.05, 0.1) is 12.7 Å². The summed E-state index contributed by atoms with van der Waals surface area (Å²) in [6.07, 6.45) is 6.03. The van der Waals surface area contributed by atoms with Gasteiger partial charge in [0.1, 0.15) is 0 Å². The number of hydrogen-bond donors (Lipinski definition) is 1. The summed E-state index contributed by atoms with van der Waals surface area (Å²) in [5.41, 5.74) is 3.88. The van der Waals surface area contributed by atoms with Crippen molar-refractivity contribution in [1.29, 1.82) is 0 Å². The number of carbonyl (C=O) groups excluding carboxylic acids is 1. The SMILES string of the molecule is CN=C(NCC(=O)N1CCc2ccccc2C1)N1CCC(c2cnn(C)c2)C1. The molecule has 0 radical (unpaired) electrons. The Bertz CT molecular complexity index is 873. The number of amides is 1. The summed E-state index contributed by atoms with van der Waals surface area (Å²) < 4.78 is 1.85. The van der Waals surface area contributed by atoms with Gasteiger partial charge in [0, 0.05) is 52.4 Å². The summed E-state index contributed by atoms with van der Waals surface area (Å²) in [5.74, 6) is 1.39. The molecule has 1 amide bonds. The number of carbonyl (C=O) groups is 1. The zero-order chi connectivity index (χ0) is 19.5. The van der Waals surface area contributed by atoms with E-state index in [4.69, 9.17) is 0 Å². The number of nitrogens with one attached hydrogen (secondary N) is 1. The lowest BCUT2D eigenvalue weighted by Gasteiger charge is -2.29.